The van der Waals surface area contributed by atoms with Gasteiger partial charge in [0.05, 0.1) is 24.5 Å². The van der Waals surface area contributed by atoms with Crippen molar-refractivity contribution in [1.29, 1.82) is 0 Å². The fraction of sp³-hybridized carbons (Fsp3) is 0.684. The lowest BCUT2D eigenvalue weighted by Crippen LogP contribution is -2.59. The second-order valence-electron chi connectivity index (χ2n) is 8.58. The van der Waals surface area contributed by atoms with Crippen molar-refractivity contribution < 1.29 is 28.2 Å². The molecule has 0 N–H and O–H groups in total. The molecule has 0 amide bonds. The molecule has 5 fully saturated rings. The van der Waals surface area contributed by atoms with Crippen LogP contribution < -0.4 is 0 Å². The van der Waals surface area contributed by atoms with E-state index in [1.807, 2.05) is 6.07 Å². The lowest BCUT2D eigenvalue weighted by Gasteiger charge is -2.51. The Balaban J connectivity index is 1.48. The number of carbonyl (C=O) groups is 2. The van der Waals surface area contributed by atoms with Crippen LogP contribution in [-0.4, -0.2) is 29.7 Å². The van der Waals surface area contributed by atoms with Crippen LogP contribution in [0, 0.1) is 23.2 Å². The number of hydrogen-bond acceptors (Lipinski definition) is 6. The zero-order valence-electron chi connectivity index (χ0n) is 14.0. The number of ether oxygens (including phenoxy) is 3. The third-order valence-corrected chi connectivity index (χ3v) is 7.66. The van der Waals surface area contributed by atoms with Crippen LogP contribution in [0.25, 0.3) is 0 Å². The van der Waals surface area contributed by atoms with Crippen molar-refractivity contribution in [3.63, 3.8) is 0 Å². The Labute approximate surface area is 144 Å². The zero-order valence-corrected chi connectivity index (χ0v) is 14.0. The average molecular weight is 344 g/mol. The number of esters is 2. The van der Waals surface area contributed by atoms with Crippen LogP contribution in [0.15, 0.2) is 23.0 Å². The first-order valence-corrected chi connectivity index (χ1v) is 9.13. The zero-order chi connectivity index (χ0) is 17.0. The van der Waals surface area contributed by atoms with Crippen molar-refractivity contribution in [3.8, 4) is 0 Å². The molecule has 25 heavy (non-hydrogen) atoms. The van der Waals surface area contributed by atoms with Crippen LogP contribution in [0.1, 0.15) is 44.3 Å². The molecule has 1 aromatic rings. The van der Waals surface area contributed by atoms with E-state index in [4.69, 9.17) is 18.6 Å². The third-order valence-electron chi connectivity index (χ3n) is 7.66. The van der Waals surface area contributed by atoms with Crippen molar-refractivity contribution >= 4 is 11.9 Å². The molecule has 3 aliphatic heterocycles. The van der Waals surface area contributed by atoms with Gasteiger partial charge in [-0.25, -0.2) is 4.79 Å². The summed E-state index contributed by atoms with van der Waals surface area (Å²) < 4.78 is 23.0. The second-order valence-corrected chi connectivity index (χ2v) is 8.58. The maximum absolute atomic E-state index is 12.9. The van der Waals surface area contributed by atoms with Gasteiger partial charge < -0.3 is 18.6 Å². The van der Waals surface area contributed by atoms with Crippen molar-refractivity contribution in [2.75, 3.05) is 0 Å². The van der Waals surface area contributed by atoms with Crippen LogP contribution in [0.3, 0.4) is 0 Å². The molecule has 4 bridgehead atoms. The van der Waals surface area contributed by atoms with E-state index in [0.29, 0.717) is 6.42 Å². The summed E-state index contributed by atoms with van der Waals surface area (Å²) in [5, 5.41) is 0. The maximum atomic E-state index is 12.9. The van der Waals surface area contributed by atoms with Gasteiger partial charge in [0.15, 0.2) is 5.60 Å². The molecule has 0 unspecified atom stereocenters. The molecule has 0 aromatic carbocycles. The van der Waals surface area contributed by atoms with Crippen LogP contribution in [0.4, 0.5) is 0 Å². The van der Waals surface area contributed by atoms with Crippen molar-refractivity contribution in [2.24, 2.45) is 23.2 Å². The third kappa shape index (κ3) is 1.52. The molecular formula is C19H20O6. The van der Waals surface area contributed by atoms with E-state index in [9.17, 15) is 9.59 Å². The van der Waals surface area contributed by atoms with Gasteiger partial charge in [-0.05, 0) is 31.2 Å². The smallest absolute Gasteiger partial charge is 0.339 e. The van der Waals surface area contributed by atoms with Gasteiger partial charge in [-0.3, -0.25) is 4.79 Å². The Morgan fingerprint density at radius 1 is 1.16 bits per heavy atom. The van der Waals surface area contributed by atoms with E-state index >= 15 is 0 Å². The van der Waals surface area contributed by atoms with E-state index in [0.717, 1.165) is 24.8 Å². The summed E-state index contributed by atoms with van der Waals surface area (Å²) >= 11 is 0. The standard InChI is InChI=1S/C19H20O6/c1-18-6-13(9-2-3-22-8-9)25-19(18)7-14(24-17(19)21)15-11-4-10(5-12(15)18)23-16(11)20/h2-3,8,10-15H,4-7H2,1H3/t10-,11-,12+,13+,14-,15+,18-,19+/m0/s1. The normalized spacial score (nSPS) is 52.5. The Morgan fingerprint density at radius 2 is 2.04 bits per heavy atom. The first-order valence-electron chi connectivity index (χ1n) is 9.13. The summed E-state index contributed by atoms with van der Waals surface area (Å²) in [5.41, 5.74) is -0.293. The predicted octanol–water partition coefficient (Wildman–Crippen LogP) is 2.38. The summed E-state index contributed by atoms with van der Waals surface area (Å²) in [7, 11) is 0. The first-order chi connectivity index (χ1) is 12.0. The molecule has 132 valence electrons. The summed E-state index contributed by atoms with van der Waals surface area (Å²) in [4.78, 5) is 25.2. The lowest BCUT2D eigenvalue weighted by molar-refractivity contribution is -0.169. The summed E-state index contributed by atoms with van der Waals surface area (Å²) in [6, 6.07) is 1.90. The fourth-order valence-corrected chi connectivity index (χ4v) is 6.54. The Hall–Kier alpha value is -1.82. The van der Waals surface area contributed by atoms with Gasteiger partial charge in [-0.2, -0.15) is 0 Å². The molecule has 2 saturated carbocycles. The van der Waals surface area contributed by atoms with Crippen LogP contribution in [-0.2, 0) is 23.8 Å². The van der Waals surface area contributed by atoms with Gasteiger partial charge >= 0.3 is 11.9 Å². The van der Waals surface area contributed by atoms with Gasteiger partial charge in [0.1, 0.15) is 12.2 Å². The maximum Gasteiger partial charge on any atom is 0.339 e. The number of rotatable bonds is 1. The summed E-state index contributed by atoms with van der Waals surface area (Å²) in [6.07, 6.45) is 5.75. The fourth-order valence-electron chi connectivity index (χ4n) is 6.54. The van der Waals surface area contributed by atoms with Gasteiger partial charge in [0, 0.05) is 23.3 Å². The minimum absolute atomic E-state index is 0.0202. The highest BCUT2D eigenvalue weighted by atomic mass is 16.6. The summed E-state index contributed by atoms with van der Waals surface area (Å²) in [5.74, 6) is -0.235. The van der Waals surface area contributed by atoms with Crippen LogP contribution in [0.5, 0.6) is 0 Å². The predicted molar refractivity (Wildman–Crippen MR) is 82.1 cm³/mol. The highest BCUT2D eigenvalue weighted by Gasteiger charge is 2.76. The minimum Gasteiger partial charge on any atom is -0.472 e. The molecule has 8 atom stereocenters. The van der Waals surface area contributed by atoms with E-state index < -0.39 is 5.60 Å². The molecule has 6 nitrogen and oxygen atoms in total. The SMILES string of the molecule is C[C@@]12C[C@H](c3ccoc3)O[C@@]13C[C@H](OC3=O)[C@@H]1[C@@H]3C[C@@H](C[C@H]12)OC3=O. The number of carbonyl (C=O) groups excluding carboxylic acids is 2. The van der Waals surface area contributed by atoms with Crippen LogP contribution in [0.2, 0.25) is 0 Å². The molecule has 0 radical (unpaired) electrons. The average Bonchev–Trinajstić information content (AvgIpc) is 3.31. The van der Waals surface area contributed by atoms with Gasteiger partial charge in [-0.15, -0.1) is 0 Å². The monoisotopic (exact) mass is 344 g/mol. The molecule has 6 heteroatoms. The summed E-state index contributed by atoms with van der Waals surface area (Å²) in [6.45, 7) is 2.16. The van der Waals surface area contributed by atoms with E-state index in [2.05, 4.69) is 6.92 Å². The van der Waals surface area contributed by atoms with Gasteiger partial charge in [-0.1, -0.05) is 6.92 Å². The topological polar surface area (TPSA) is 75.0 Å². The molecule has 6 rings (SSSR count). The van der Waals surface area contributed by atoms with Gasteiger partial charge in [0.2, 0.25) is 0 Å². The Kier molecular flexibility index (Phi) is 2.46. The lowest BCUT2D eigenvalue weighted by atomic mass is 9.49. The molecule has 5 aliphatic rings. The Morgan fingerprint density at radius 3 is 2.84 bits per heavy atom. The van der Waals surface area contributed by atoms with E-state index in [-0.39, 0.29) is 53.4 Å². The Bertz CT molecular complexity index is 771. The molecule has 3 saturated heterocycles. The number of hydrogen-bond donors (Lipinski definition) is 0. The van der Waals surface area contributed by atoms with Crippen LogP contribution >= 0.6 is 0 Å². The van der Waals surface area contributed by atoms with Crippen molar-refractivity contribution in [3.05, 3.63) is 24.2 Å². The molecule has 4 heterocycles. The molecule has 1 aromatic heterocycles. The molecule has 1 spiro atoms. The number of furan rings is 1. The minimum atomic E-state index is -0.902. The highest BCUT2D eigenvalue weighted by molar-refractivity contribution is 5.85. The number of fused-ring (bicyclic) bond motifs is 7. The molecule has 2 aliphatic carbocycles. The quantitative estimate of drug-likeness (QED) is 0.728. The largest absolute Gasteiger partial charge is 0.472 e. The van der Waals surface area contributed by atoms with E-state index in [1.54, 1.807) is 12.5 Å². The van der Waals surface area contributed by atoms with Crippen molar-refractivity contribution in [2.45, 2.75) is 56.5 Å². The second kappa shape index (κ2) is 4.29. The highest BCUT2D eigenvalue weighted by Crippen LogP contribution is 2.69. The van der Waals surface area contributed by atoms with E-state index in [1.165, 1.54) is 0 Å². The first kappa shape index (κ1) is 14.4. The van der Waals surface area contributed by atoms with Gasteiger partial charge in [0.25, 0.3) is 0 Å². The molecular weight excluding hydrogens is 324 g/mol. The van der Waals surface area contributed by atoms with Crippen molar-refractivity contribution in [1.82, 2.24) is 0 Å².